The summed E-state index contributed by atoms with van der Waals surface area (Å²) < 4.78 is 19.9. The minimum absolute atomic E-state index is 0.154. The highest BCUT2D eigenvalue weighted by molar-refractivity contribution is 6.30. The summed E-state index contributed by atoms with van der Waals surface area (Å²) >= 11 is 5.99. The average Bonchev–Trinajstić information content (AvgIpc) is 2.69. The number of aryl methyl sites for hydroxylation is 2. The Kier molecular flexibility index (Phi) is 7.19. The second-order valence-electron chi connectivity index (χ2n) is 8.79. The van der Waals surface area contributed by atoms with Crippen molar-refractivity contribution >= 4 is 17.3 Å². The van der Waals surface area contributed by atoms with Crippen LogP contribution in [0.1, 0.15) is 48.9 Å². The van der Waals surface area contributed by atoms with Crippen LogP contribution < -0.4 is 4.74 Å². The number of ether oxygens (including phenoxy) is 1. The van der Waals surface area contributed by atoms with Crippen molar-refractivity contribution in [1.82, 2.24) is 0 Å². The van der Waals surface area contributed by atoms with E-state index in [0.29, 0.717) is 28.5 Å². The molecule has 0 atom stereocenters. The molecule has 0 aliphatic heterocycles. The van der Waals surface area contributed by atoms with Crippen molar-refractivity contribution in [3.8, 4) is 11.5 Å². The molecule has 0 saturated carbocycles. The summed E-state index contributed by atoms with van der Waals surface area (Å²) in [4.78, 5) is 11.1. The summed E-state index contributed by atoms with van der Waals surface area (Å²) in [6.45, 7) is 7.84. The Hall–Kier alpha value is -2.92. The molecular weight excluding hydrogens is 429 g/mol. The normalized spacial score (nSPS) is 11.4. The minimum Gasteiger partial charge on any atom is -0.457 e. The van der Waals surface area contributed by atoms with Gasteiger partial charge >= 0.3 is 0 Å². The van der Waals surface area contributed by atoms with Gasteiger partial charge in [-0.15, -0.1) is 0 Å². The number of hydrogen-bond acceptors (Lipinski definition) is 3. The zero-order valence-electron chi connectivity index (χ0n) is 18.7. The van der Waals surface area contributed by atoms with E-state index in [1.54, 1.807) is 37.3 Å². The zero-order chi connectivity index (χ0) is 23.5. The molecule has 0 unspecified atom stereocenters. The Morgan fingerprint density at radius 1 is 1.06 bits per heavy atom. The van der Waals surface area contributed by atoms with Crippen LogP contribution in [0.25, 0.3) is 0 Å². The van der Waals surface area contributed by atoms with Crippen LogP contribution in [-0.4, -0.2) is 4.92 Å². The van der Waals surface area contributed by atoms with Crippen molar-refractivity contribution < 1.29 is 14.1 Å². The van der Waals surface area contributed by atoms with Gasteiger partial charge in [-0.2, -0.15) is 0 Å². The Labute approximate surface area is 193 Å². The molecule has 0 spiro atoms. The molecule has 0 aliphatic rings. The van der Waals surface area contributed by atoms with Gasteiger partial charge in [0.05, 0.1) is 4.92 Å². The van der Waals surface area contributed by atoms with Gasteiger partial charge in [-0.25, -0.2) is 4.39 Å². The van der Waals surface area contributed by atoms with Gasteiger partial charge in [0.15, 0.2) is 0 Å². The SMILES string of the molecule is Cc1cc(C(C)(C)CCCc2cc(F)cc(Oc3cccc(Cl)c3)c2)cc([N+](=O)[O-])c1C. The Bertz CT molecular complexity index is 1140. The maximum atomic E-state index is 14.2. The van der Waals surface area contributed by atoms with Crippen molar-refractivity contribution in [2.75, 3.05) is 0 Å². The van der Waals surface area contributed by atoms with Crippen molar-refractivity contribution in [3.05, 3.63) is 97.8 Å². The fourth-order valence-electron chi connectivity index (χ4n) is 3.79. The molecule has 4 nitrogen and oxygen atoms in total. The molecule has 3 rings (SSSR count). The topological polar surface area (TPSA) is 52.4 Å². The van der Waals surface area contributed by atoms with Crippen molar-refractivity contribution in [1.29, 1.82) is 0 Å². The number of rotatable bonds is 8. The van der Waals surface area contributed by atoms with Crippen LogP contribution in [0.4, 0.5) is 10.1 Å². The van der Waals surface area contributed by atoms with Crippen molar-refractivity contribution in [3.63, 3.8) is 0 Å². The van der Waals surface area contributed by atoms with Crippen LogP contribution in [0.15, 0.2) is 54.6 Å². The van der Waals surface area contributed by atoms with Crippen LogP contribution in [0.5, 0.6) is 11.5 Å². The third-order valence-electron chi connectivity index (χ3n) is 5.85. The lowest BCUT2D eigenvalue weighted by molar-refractivity contribution is -0.385. The van der Waals surface area contributed by atoms with Gasteiger partial charge in [0.25, 0.3) is 5.69 Å². The predicted molar refractivity (Wildman–Crippen MR) is 126 cm³/mol. The molecule has 0 aliphatic carbocycles. The Balaban J connectivity index is 1.70. The van der Waals surface area contributed by atoms with E-state index in [1.165, 1.54) is 12.1 Å². The van der Waals surface area contributed by atoms with Crippen LogP contribution in [0.3, 0.4) is 0 Å². The van der Waals surface area contributed by atoms with E-state index in [-0.39, 0.29) is 21.8 Å². The third-order valence-corrected chi connectivity index (χ3v) is 6.08. The van der Waals surface area contributed by atoms with Gasteiger partial charge in [0, 0.05) is 22.7 Å². The number of nitrogens with zero attached hydrogens (tertiary/aromatic N) is 1. The monoisotopic (exact) mass is 455 g/mol. The number of nitro benzene ring substituents is 1. The summed E-state index contributed by atoms with van der Waals surface area (Å²) in [5, 5.41) is 12.0. The van der Waals surface area contributed by atoms with E-state index in [1.807, 2.05) is 19.1 Å². The van der Waals surface area contributed by atoms with Gasteiger partial charge in [0.2, 0.25) is 0 Å². The summed E-state index contributed by atoms with van der Waals surface area (Å²) in [5.74, 6) is 0.612. The van der Waals surface area contributed by atoms with Gasteiger partial charge in [-0.05, 0) is 85.5 Å². The first-order valence-corrected chi connectivity index (χ1v) is 10.9. The predicted octanol–water partition coefficient (Wildman–Crippen LogP) is 8.10. The zero-order valence-corrected chi connectivity index (χ0v) is 19.5. The molecule has 0 bridgehead atoms. The molecule has 6 heteroatoms. The van der Waals surface area contributed by atoms with E-state index in [2.05, 4.69) is 13.8 Å². The Morgan fingerprint density at radius 3 is 2.50 bits per heavy atom. The van der Waals surface area contributed by atoms with E-state index in [0.717, 1.165) is 29.5 Å². The van der Waals surface area contributed by atoms with Gasteiger partial charge < -0.3 is 4.74 Å². The van der Waals surface area contributed by atoms with Crippen LogP contribution >= 0.6 is 11.6 Å². The van der Waals surface area contributed by atoms with E-state index < -0.39 is 0 Å². The molecule has 0 heterocycles. The standard InChI is InChI=1S/C26H27ClFNO3/c1-17-11-20(14-25(18(17)2)29(30)31)26(3,4)10-6-7-19-12-22(28)16-24(13-19)32-23-9-5-8-21(27)15-23/h5,8-9,11-16H,6-7,10H2,1-4H3. The molecule has 0 radical (unpaired) electrons. The van der Waals surface area contributed by atoms with Gasteiger partial charge in [-0.3, -0.25) is 10.1 Å². The second kappa shape index (κ2) is 9.70. The van der Waals surface area contributed by atoms with Crippen molar-refractivity contribution in [2.45, 2.75) is 52.4 Å². The molecule has 0 N–H and O–H groups in total. The number of nitro groups is 1. The van der Waals surface area contributed by atoms with Crippen LogP contribution in [-0.2, 0) is 11.8 Å². The lowest BCUT2D eigenvalue weighted by Crippen LogP contribution is -2.18. The maximum absolute atomic E-state index is 14.2. The quantitative estimate of drug-likeness (QED) is 0.254. The first-order valence-electron chi connectivity index (χ1n) is 10.5. The first-order chi connectivity index (χ1) is 15.0. The van der Waals surface area contributed by atoms with Crippen molar-refractivity contribution in [2.24, 2.45) is 0 Å². The van der Waals surface area contributed by atoms with Gasteiger partial charge in [0.1, 0.15) is 17.3 Å². The fraction of sp³-hybridized carbons (Fsp3) is 0.308. The molecule has 0 fully saturated rings. The second-order valence-corrected chi connectivity index (χ2v) is 9.22. The molecule has 0 aromatic heterocycles. The number of benzene rings is 3. The molecule has 168 valence electrons. The summed E-state index contributed by atoms with van der Waals surface area (Å²) in [6, 6.07) is 15.4. The highest BCUT2D eigenvalue weighted by atomic mass is 35.5. The Morgan fingerprint density at radius 2 is 1.81 bits per heavy atom. The van der Waals surface area contributed by atoms with E-state index in [4.69, 9.17) is 16.3 Å². The van der Waals surface area contributed by atoms with Crippen LogP contribution in [0, 0.1) is 29.8 Å². The first kappa shape index (κ1) is 23.7. The smallest absolute Gasteiger partial charge is 0.272 e. The molecule has 3 aromatic rings. The lowest BCUT2D eigenvalue weighted by Gasteiger charge is -2.26. The van der Waals surface area contributed by atoms with Gasteiger partial charge in [-0.1, -0.05) is 37.6 Å². The minimum atomic E-state index is -0.358. The molecular formula is C26H27ClFNO3. The van der Waals surface area contributed by atoms with E-state index >= 15 is 0 Å². The molecule has 3 aromatic carbocycles. The van der Waals surface area contributed by atoms with Crippen LogP contribution in [0.2, 0.25) is 5.02 Å². The molecule has 0 saturated heterocycles. The summed E-state index contributed by atoms with van der Waals surface area (Å²) in [6.07, 6.45) is 2.27. The third kappa shape index (κ3) is 5.86. The number of hydrogen-bond donors (Lipinski definition) is 0. The fourth-order valence-corrected chi connectivity index (χ4v) is 3.97. The lowest BCUT2D eigenvalue weighted by atomic mass is 9.78. The molecule has 0 amide bonds. The maximum Gasteiger partial charge on any atom is 0.272 e. The summed E-state index contributed by atoms with van der Waals surface area (Å²) in [7, 11) is 0. The number of halogens is 2. The highest BCUT2D eigenvalue weighted by Crippen LogP contribution is 2.34. The highest BCUT2D eigenvalue weighted by Gasteiger charge is 2.25. The van der Waals surface area contributed by atoms with E-state index in [9.17, 15) is 14.5 Å². The largest absolute Gasteiger partial charge is 0.457 e. The summed E-state index contributed by atoms with van der Waals surface area (Å²) in [5.41, 5.74) is 3.29. The molecule has 32 heavy (non-hydrogen) atoms. The average molecular weight is 456 g/mol.